The average Bonchev–Trinajstić information content (AvgIpc) is 3.54. The molecule has 1 aliphatic carbocycles. The first-order valence-corrected chi connectivity index (χ1v) is 17.6. The SMILES string of the molecule is C=CCNC(=O)C(=O)C(CCC)NC(=O)[C@@H]1C[C@@H](C(C)C)CN1C(=O)[C@@H](NC(=O)[C@@H](NC(=O)c1cnccn1)C1CCCCC1)C(C)(C)C. The summed E-state index contributed by atoms with van der Waals surface area (Å²) < 4.78 is 0. The van der Waals surface area contributed by atoms with Crippen molar-refractivity contribution in [1.82, 2.24) is 36.1 Å². The zero-order chi connectivity index (χ0) is 36.3. The Hall–Kier alpha value is -4.16. The van der Waals surface area contributed by atoms with E-state index in [1.165, 1.54) is 29.6 Å². The molecular formula is C36H55N7O6. The first-order chi connectivity index (χ1) is 23.2. The summed E-state index contributed by atoms with van der Waals surface area (Å²) in [4.78, 5) is 90.6. The average molecular weight is 682 g/mol. The monoisotopic (exact) mass is 681 g/mol. The highest BCUT2D eigenvalue weighted by atomic mass is 16.2. The van der Waals surface area contributed by atoms with E-state index in [0.29, 0.717) is 19.4 Å². The van der Waals surface area contributed by atoms with E-state index in [-0.39, 0.29) is 36.4 Å². The minimum Gasteiger partial charge on any atom is -0.346 e. The third kappa shape index (κ3) is 10.7. The quantitative estimate of drug-likeness (QED) is 0.161. The van der Waals surface area contributed by atoms with Gasteiger partial charge < -0.3 is 26.2 Å². The largest absolute Gasteiger partial charge is 0.346 e. The second-order valence-corrected chi connectivity index (χ2v) is 14.7. The van der Waals surface area contributed by atoms with Crippen molar-refractivity contribution in [2.75, 3.05) is 13.1 Å². The van der Waals surface area contributed by atoms with Crippen molar-refractivity contribution in [3.05, 3.63) is 36.9 Å². The van der Waals surface area contributed by atoms with E-state index in [1.54, 1.807) is 0 Å². The zero-order valence-electron chi connectivity index (χ0n) is 29.9. The van der Waals surface area contributed by atoms with E-state index in [2.05, 4.69) is 37.8 Å². The Morgan fingerprint density at radius 3 is 2.27 bits per heavy atom. The smallest absolute Gasteiger partial charge is 0.289 e. The first kappa shape index (κ1) is 39.3. The van der Waals surface area contributed by atoms with Gasteiger partial charge in [0.1, 0.15) is 23.8 Å². The zero-order valence-corrected chi connectivity index (χ0v) is 29.9. The van der Waals surface area contributed by atoms with Crippen LogP contribution in [0, 0.1) is 23.2 Å². The molecule has 0 spiro atoms. The summed E-state index contributed by atoms with van der Waals surface area (Å²) in [6.45, 7) is 15.4. The van der Waals surface area contributed by atoms with Gasteiger partial charge in [-0.3, -0.25) is 33.8 Å². The number of nitrogens with one attached hydrogen (secondary N) is 4. The molecule has 1 aromatic rings. The highest BCUT2D eigenvalue weighted by Gasteiger charge is 2.47. The van der Waals surface area contributed by atoms with Crippen LogP contribution in [0.2, 0.25) is 0 Å². The highest BCUT2D eigenvalue weighted by Crippen LogP contribution is 2.33. The molecule has 2 fully saturated rings. The molecule has 2 aliphatic rings. The van der Waals surface area contributed by atoms with Gasteiger partial charge in [-0.25, -0.2) is 4.98 Å². The second-order valence-electron chi connectivity index (χ2n) is 14.7. The van der Waals surface area contributed by atoms with Crippen LogP contribution < -0.4 is 21.3 Å². The number of ketones is 1. The molecule has 1 saturated carbocycles. The molecule has 270 valence electrons. The Morgan fingerprint density at radius 2 is 1.69 bits per heavy atom. The maximum atomic E-state index is 14.5. The van der Waals surface area contributed by atoms with E-state index < -0.39 is 64.9 Å². The van der Waals surface area contributed by atoms with Crippen LogP contribution in [0.1, 0.15) is 103 Å². The van der Waals surface area contributed by atoms with Gasteiger partial charge in [0.2, 0.25) is 23.5 Å². The molecule has 0 bridgehead atoms. The van der Waals surface area contributed by atoms with Crippen molar-refractivity contribution < 1.29 is 28.8 Å². The van der Waals surface area contributed by atoms with Gasteiger partial charge in [-0.1, -0.05) is 73.3 Å². The molecular weight excluding hydrogens is 626 g/mol. The molecule has 13 heteroatoms. The van der Waals surface area contributed by atoms with E-state index in [1.807, 2.05) is 41.5 Å². The molecule has 0 aromatic carbocycles. The van der Waals surface area contributed by atoms with Gasteiger partial charge in [0.05, 0.1) is 12.2 Å². The van der Waals surface area contributed by atoms with Gasteiger partial charge in [0, 0.05) is 25.5 Å². The summed E-state index contributed by atoms with van der Waals surface area (Å²) in [5.41, 5.74) is -0.678. The molecule has 5 atom stereocenters. The van der Waals surface area contributed by atoms with Crippen LogP contribution in [0.15, 0.2) is 31.2 Å². The molecule has 1 unspecified atom stereocenters. The maximum absolute atomic E-state index is 14.5. The highest BCUT2D eigenvalue weighted by molar-refractivity contribution is 6.38. The predicted octanol–water partition coefficient (Wildman–Crippen LogP) is 2.72. The van der Waals surface area contributed by atoms with Gasteiger partial charge >= 0.3 is 0 Å². The summed E-state index contributed by atoms with van der Waals surface area (Å²) in [7, 11) is 0. The molecule has 1 saturated heterocycles. The van der Waals surface area contributed by atoms with E-state index >= 15 is 0 Å². The van der Waals surface area contributed by atoms with Gasteiger partial charge in [-0.05, 0) is 48.9 Å². The summed E-state index contributed by atoms with van der Waals surface area (Å²) in [5.74, 6) is -3.49. The number of carbonyl (C=O) groups excluding carboxylic acids is 6. The molecule has 3 rings (SSSR count). The molecule has 13 nitrogen and oxygen atoms in total. The Bertz CT molecular complexity index is 1340. The Labute approximate surface area is 290 Å². The van der Waals surface area contributed by atoms with E-state index in [9.17, 15) is 28.8 Å². The Balaban J connectivity index is 1.88. The fourth-order valence-electron chi connectivity index (χ4n) is 6.62. The molecule has 1 aromatic heterocycles. The molecule has 1 aliphatic heterocycles. The number of hydrogen-bond acceptors (Lipinski definition) is 8. The van der Waals surface area contributed by atoms with E-state index in [0.717, 1.165) is 32.1 Å². The van der Waals surface area contributed by atoms with Gasteiger partial charge in [0.15, 0.2) is 0 Å². The van der Waals surface area contributed by atoms with Crippen molar-refractivity contribution in [3.8, 4) is 0 Å². The van der Waals surface area contributed by atoms with Crippen LogP contribution in [-0.2, 0) is 24.0 Å². The third-order valence-electron chi connectivity index (χ3n) is 9.59. The first-order valence-electron chi connectivity index (χ1n) is 17.6. The second kappa shape index (κ2) is 18.0. The van der Waals surface area contributed by atoms with Crippen molar-refractivity contribution in [1.29, 1.82) is 0 Å². The summed E-state index contributed by atoms with van der Waals surface area (Å²) >= 11 is 0. The van der Waals surface area contributed by atoms with Crippen molar-refractivity contribution in [2.45, 2.75) is 117 Å². The van der Waals surface area contributed by atoms with Gasteiger partial charge in [-0.15, -0.1) is 6.58 Å². The topological polar surface area (TPSA) is 180 Å². The van der Waals surface area contributed by atoms with E-state index in [4.69, 9.17) is 0 Å². The van der Waals surface area contributed by atoms with Crippen LogP contribution in [0.4, 0.5) is 0 Å². The molecule has 0 radical (unpaired) electrons. The lowest BCUT2D eigenvalue weighted by atomic mass is 9.82. The number of aromatic nitrogens is 2. The normalized spacial score (nSPS) is 20.1. The summed E-state index contributed by atoms with van der Waals surface area (Å²) in [6.07, 6.45) is 11.2. The molecule has 2 heterocycles. The van der Waals surface area contributed by atoms with Crippen molar-refractivity contribution in [2.24, 2.45) is 23.2 Å². The number of nitrogens with zero attached hydrogens (tertiary/aromatic N) is 3. The van der Waals surface area contributed by atoms with Crippen molar-refractivity contribution in [3.63, 3.8) is 0 Å². The third-order valence-corrected chi connectivity index (χ3v) is 9.59. The van der Waals surface area contributed by atoms with Gasteiger partial charge in [-0.2, -0.15) is 0 Å². The number of Topliss-reactive ketones (excluding diaryl/α,β-unsaturated/α-hetero) is 1. The number of amides is 5. The summed E-state index contributed by atoms with van der Waals surface area (Å²) in [6, 6.07) is -3.89. The van der Waals surface area contributed by atoms with Crippen LogP contribution in [0.25, 0.3) is 0 Å². The standard InChI is InChI=1S/C36H55N7O6/c1-8-13-25(29(44)34(48)39-16-9-2)40-32(46)27-19-24(22(3)4)21-43(27)35(49)30(36(5,6)7)42-33(47)28(23-14-11-10-12-15-23)41-31(45)26-20-37-17-18-38-26/h9,17-18,20,22-25,27-28,30H,2,8,10-16,19,21H2,1,3-7H3,(H,39,48)(H,40,46)(H,41,45)(H,42,47)/t24-,25?,27+,28+,30-/m1/s1. The Kier molecular flexibility index (Phi) is 14.4. The molecule has 4 N–H and O–H groups in total. The van der Waals surface area contributed by atoms with Gasteiger partial charge in [0.25, 0.3) is 11.8 Å². The minimum atomic E-state index is -1.05. The number of carbonyl (C=O) groups is 6. The van der Waals surface area contributed by atoms with Crippen LogP contribution in [0.5, 0.6) is 0 Å². The molecule has 5 amide bonds. The lowest BCUT2D eigenvalue weighted by Gasteiger charge is -2.37. The minimum absolute atomic E-state index is 0.00602. The summed E-state index contributed by atoms with van der Waals surface area (Å²) in [5, 5.41) is 11.1. The van der Waals surface area contributed by atoms with Crippen LogP contribution in [-0.4, -0.2) is 87.4 Å². The van der Waals surface area contributed by atoms with Crippen molar-refractivity contribution >= 4 is 35.3 Å². The number of rotatable bonds is 15. The number of hydrogen-bond donors (Lipinski definition) is 4. The predicted molar refractivity (Wildman–Crippen MR) is 185 cm³/mol. The van der Waals surface area contributed by atoms with Crippen LogP contribution >= 0.6 is 0 Å². The lowest BCUT2D eigenvalue weighted by molar-refractivity contribution is -0.145. The maximum Gasteiger partial charge on any atom is 0.289 e. The Morgan fingerprint density at radius 1 is 1.00 bits per heavy atom. The lowest BCUT2D eigenvalue weighted by Crippen LogP contribution is -2.62. The van der Waals surface area contributed by atoms with Crippen LogP contribution in [0.3, 0.4) is 0 Å². The number of likely N-dealkylation sites (tertiary alicyclic amines) is 1. The fraction of sp³-hybridized carbons (Fsp3) is 0.667. The fourth-order valence-corrected chi connectivity index (χ4v) is 6.62. The molecule has 49 heavy (non-hydrogen) atoms.